The van der Waals surface area contributed by atoms with E-state index in [2.05, 4.69) is 31.0 Å². The van der Waals surface area contributed by atoms with Crippen LogP contribution in [-0.4, -0.2) is 30.1 Å². The van der Waals surface area contributed by atoms with Crippen LogP contribution in [-0.2, 0) is 6.54 Å². The molecule has 2 atom stereocenters. The summed E-state index contributed by atoms with van der Waals surface area (Å²) in [5.41, 5.74) is 0.811. The fraction of sp³-hybridized carbons (Fsp3) is 0.625. The summed E-state index contributed by atoms with van der Waals surface area (Å²) in [6.45, 7) is 9.41. The summed E-state index contributed by atoms with van der Waals surface area (Å²) < 4.78 is 13.8. The zero-order chi connectivity index (χ0) is 13.8. The van der Waals surface area contributed by atoms with Gasteiger partial charge in [-0.1, -0.05) is 32.0 Å². The molecule has 0 saturated carbocycles. The van der Waals surface area contributed by atoms with Crippen molar-refractivity contribution in [1.29, 1.82) is 0 Å². The maximum absolute atomic E-state index is 13.8. The monoisotopic (exact) mass is 264 g/mol. The molecule has 1 aliphatic heterocycles. The van der Waals surface area contributed by atoms with E-state index >= 15 is 0 Å². The molecular formula is C16H25FN2. The van der Waals surface area contributed by atoms with E-state index in [1.807, 2.05) is 12.1 Å². The first-order chi connectivity index (χ1) is 9.06. The maximum atomic E-state index is 13.8. The third-order valence-electron chi connectivity index (χ3n) is 3.80. The fourth-order valence-corrected chi connectivity index (χ4v) is 2.85. The second kappa shape index (κ2) is 6.49. The zero-order valence-corrected chi connectivity index (χ0v) is 12.2. The molecule has 1 N–H and O–H groups in total. The highest BCUT2D eigenvalue weighted by Crippen LogP contribution is 2.19. The summed E-state index contributed by atoms with van der Waals surface area (Å²) in [5.74, 6) is 0.584. The number of hydrogen-bond acceptors (Lipinski definition) is 2. The van der Waals surface area contributed by atoms with Crippen LogP contribution in [0.4, 0.5) is 4.39 Å². The Morgan fingerprint density at radius 3 is 2.79 bits per heavy atom. The van der Waals surface area contributed by atoms with Gasteiger partial charge in [-0.15, -0.1) is 0 Å². The average Bonchev–Trinajstić information content (AvgIpc) is 2.35. The predicted octanol–water partition coefficient (Wildman–Crippen LogP) is 3.03. The van der Waals surface area contributed by atoms with E-state index in [1.165, 1.54) is 0 Å². The van der Waals surface area contributed by atoms with Crippen LogP contribution in [0, 0.1) is 11.7 Å². The second-order valence-corrected chi connectivity index (χ2v) is 6.11. The number of piperazine rings is 1. The molecule has 2 unspecified atom stereocenters. The number of nitrogens with one attached hydrogen (secondary N) is 1. The van der Waals surface area contributed by atoms with Gasteiger partial charge < -0.3 is 5.32 Å². The third-order valence-corrected chi connectivity index (χ3v) is 3.80. The normalized spacial score (nSPS) is 24.9. The van der Waals surface area contributed by atoms with E-state index in [-0.39, 0.29) is 5.82 Å². The minimum absolute atomic E-state index is 0.0861. The van der Waals surface area contributed by atoms with Crippen molar-refractivity contribution in [2.45, 2.75) is 45.8 Å². The molecule has 0 aliphatic carbocycles. The van der Waals surface area contributed by atoms with Crippen LogP contribution in [0.3, 0.4) is 0 Å². The topological polar surface area (TPSA) is 15.3 Å². The summed E-state index contributed by atoms with van der Waals surface area (Å²) in [7, 11) is 0. The molecule has 19 heavy (non-hydrogen) atoms. The van der Waals surface area contributed by atoms with Crippen molar-refractivity contribution in [2.75, 3.05) is 13.1 Å². The van der Waals surface area contributed by atoms with Gasteiger partial charge in [0.2, 0.25) is 0 Å². The fourth-order valence-electron chi connectivity index (χ4n) is 2.85. The molecule has 0 radical (unpaired) electrons. The van der Waals surface area contributed by atoms with E-state index in [0.29, 0.717) is 18.0 Å². The van der Waals surface area contributed by atoms with Gasteiger partial charge in [-0.25, -0.2) is 4.39 Å². The Morgan fingerprint density at radius 1 is 1.37 bits per heavy atom. The Balaban J connectivity index is 2.07. The van der Waals surface area contributed by atoms with Gasteiger partial charge in [0.1, 0.15) is 5.82 Å². The minimum atomic E-state index is -0.0861. The number of benzene rings is 1. The molecule has 1 heterocycles. The van der Waals surface area contributed by atoms with E-state index in [0.717, 1.165) is 31.6 Å². The lowest BCUT2D eigenvalue weighted by molar-refractivity contribution is 0.110. The molecule has 106 valence electrons. The van der Waals surface area contributed by atoms with Gasteiger partial charge in [-0.05, 0) is 25.3 Å². The first-order valence-electron chi connectivity index (χ1n) is 7.27. The van der Waals surface area contributed by atoms with Gasteiger partial charge in [0.25, 0.3) is 0 Å². The number of hydrogen-bond donors (Lipinski definition) is 1. The molecule has 1 saturated heterocycles. The van der Waals surface area contributed by atoms with Gasteiger partial charge in [0, 0.05) is 37.3 Å². The van der Waals surface area contributed by atoms with Crippen molar-refractivity contribution in [3.05, 3.63) is 35.6 Å². The Kier molecular flexibility index (Phi) is 4.94. The van der Waals surface area contributed by atoms with Gasteiger partial charge in [0.05, 0.1) is 0 Å². The summed E-state index contributed by atoms with van der Waals surface area (Å²) >= 11 is 0. The van der Waals surface area contributed by atoms with Crippen molar-refractivity contribution in [1.82, 2.24) is 10.2 Å². The zero-order valence-electron chi connectivity index (χ0n) is 12.2. The summed E-state index contributed by atoms with van der Waals surface area (Å²) in [6, 6.07) is 8.12. The van der Waals surface area contributed by atoms with Crippen molar-refractivity contribution in [2.24, 2.45) is 5.92 Å². The molecule has 2 nitrogen and oxygen atoms in total. The largest absolute Gasteiger partial charge is 0.311 e. The van der Waals surface area contributed by atoms with Crippen LogP contribution in [0.15, 0.2) is 24.3 Å². The highest BCUT2D eigenvalue weighted by atomic mass is 19.1. The summed E-state index contributed by atoms with van der Waals surface area (Å²) in [5, 5.41) is 3.53. The van der Waals surface area contributed by atoms with Crippen molar-refractivity contribution in [3.63, 3.8) is 0 Å². The van der Waals surface area contributed by atoms with Crippen LogP contribution in [0.5, 0.6) is 0 Å². The minimum Gasteiger partial charge on any atom is -0.311 e. The van der Waals surface area contributed by atoms with Crippen molar-refractivity contribution in [3.8, 4) is 0 Å². The SMILES string of the molecule is CC(C)CC1CNC(C)CN1Cc1ccccc1F. The summed E-state index contributed by atoms with van der Waals surface area (Å²) in [6.07, 6.45) is 1.16. The second-order valence-electron chi connectivity index (χ2n) is 6.11. The lowest BCUT2D eigenvalue weighted by Gasteiger charge is -2.40. The van der Waals surface area contributed by atoms with Gasteiger partial charge in [-0.2, -0.15) is 0 Å². The third kappa shape index (κ3) is 4.02. The molecule has 0 spiro atoms. The van der Waals surface area contributed by atoms with Crippen LogP contribution >= 0.6 is 0 Å². The lowest BCUT2D eigenvalue weighted by atomic mass is 9.98. The Morgan fingerprint density at radius 2 is 2.11 bits per heavy atom. The molecule has 2 rings (SSSR count). The average molecular weight is 264 g/mol. The number of rotatable bonds is 4. The van der Waals surface area contributed by atoms with E-state index in [9.17, 15) is 4.39 Å². The molecule has 0 amide bonds. The predicted molar refractivity (Wildman–Crippen MR) is 77.5 cm³/mol. The van der Waals surface area contributed by atoms with E-state index < -0.39 is 0 Å². The molecule has 3 heteroatoms. The highest BCUT2D eigenvalue weighted by Gasteiger charge is 2.26. The molecule has 0 bridgehead atoms. The van der Waals surface area contributed by atoms with Crippen molar-refractivity contribution >= 4 is 0 Å². The standard InChI is InChI=1S/C16H25FN2/c1-12(2)8-15-9-18-13(3)10-19(15)11-14-6-4-5-7-16(14)17/h4-7,12-13,15,18H,8-11H2,1-3H3. The van der Waals surface area contributed by atoms with Gasteiger partial charge in [-0.3, -0.25) is 4.90 Å². The molecule has 0 aromatic heterocycles. The van der Waals surface area contributed by atoms with E-state index in [4.69, 9.17) is 0 Å². The lowest BCUT2D eigenvalue weighted by Crippen LogP contribution is -2.55. The summed E-state index contributed by atoms with van der Waals surface area (Å²) in [4.78, 5) is 2.43. The van der Waals surface area contributed by atoms with Crippen LogP contribution in [0.25, 0.3) is 0 Å². The smallest absolute Gasteiger partial charge is 0.127 e. The van der Waals surface area contributed by atoms with Gasteiger partial charge >= 0.3 is 0 Å². The Labute approximate surface area is 116 Å². The highest BCUT2D eigenvalue weighted by molar-refractivity contribution is 5.17. The van der Waals surface area contributed by atoms with E-state index in [1.54, 1.807) is 12.1 Å². The Hall–Kier alpha value is -0.930. The maximum Gasteiger partial charge on any atom is 0.127 e. The molecule has 1 fully saturated rings. The number of halogens is 1. The van der Waals surface area contributed by atoms with Crippen LogP contribution in [0.2, 0.25) is 0 Å². The van der Waals surface area contributed by atoms with Crippen molar-refractivity contribution < 1.29 is 4.39 Å². The molecule has 1 aromatic rings. The Bertz CT molecular complexity index is 405. The quantitative estimate of drug-likeness (QED) is 0.899. The van der Waals surface area contributed by atoms with Gasteiger partial charge in [0.15, 0.2) is 0 Å². The number of nitrogens with zero attached hydrogens (tertiary/aromatic N) is 1. The van der Waals surface area contributed by atoms with Crippen LogP contribution < -0.4 is 5.32 Å². The first kappa shape index (κ1) is 14.5. The van der Waals surface area contributed by atoms with Crippen LogP contribution in [0.1, 0.15) is 32.8 Å². The molecular weight excluding hydrogens is 239 g/mol. The molecule has 1 aliphatic rings. The first-order valence-corrected chi connectivity index (χ1v) is 7.27. The molecule has 1 aromatic carbocycles.